The fraction of sp³-hybridized carbons (Fsp3) is 0.263. The highest BCUT2D eigenvalue weighted by atomic mass is 32.2. The molecule has 0 aliphatic carbocycles. The maximum atomic E-state index is 12.2. The Morgan fingerprint density at radius 1 is 1.04 bits per heavy atom. The van der Waals surface area contributed by atoms with Crippen LogP contribution in [-0.4, -0.2) is 31.7 Å². The number of sulfone groups is 1. The number of nitrogens with one attached hydrogen (secondary N) is 1. The second-order valence-corrected chi connectivity index (χ2v) is 8.31. The zero-order valence-corrected chi connectivity index (χ0v) is 15.5. The predicted octanol–water partition coefficient (Wildman–Crippen LogP) is 2.81. The third-order valence-corrected chi connectivity index (χ3v) is 4.84. The Balaban J connectivity index is 2.07. The lowest BCUT2D eigenvalue weighted by Crippen LogP contribution is -2.15. The predicted molar refractivity (Wildman–Crippen MR) is 100 cm³/mol. The Morgan fingerprint density at radius 3 is 2.35 bits per heavy atom. The minimum Gasteiger partial charge on any atom is -0.478 e. The Morgan fingerprint density at radius 2 is 1.69 bits per heavy atom. The number of rotatable bonds is 7. The minimum absolute atomic E-state index is 0.0888. The molecule has 0 saturated heterocycles. The van der Waals surface area contributed by atoms with Gasteiger partial charge in [-0.1, -0.05) is 30.3 Å². The summed E-state index contributed by atoms with van der Waals surface area (Å²) < 4.78 is 23.0. The fourth-order valence-electron chi connectivity index (χ4n) is 2.67. The Bertz CT molecular complexity index is 935. The van der Waals surface area contributed by atoms with Crippen LogP contribution < -0.4 is 5.32 Å². The highest BCUT2D eigenvalue weighted by molar-refractivity contribution is 7.89. The average Bonchev–Trinajstić information content (AvgIpc) is 2.55. The number of carboxylic acid groups (broad SMARTS) is 1. The summed E-state index contributed by atoms with van der Waals surface area (Å²) in [5.74, 6) is -1.37. The molecule has 0 aliphatic heterocycles. The molecule has 0 heterocycles. The summed E-state index contributed by atoms with van der Waals surface area (Å²) in [4.78, 5) is 23.4. The van der Waals surface area contributed by atoms with Crippen LogP contribution in [0.15, 0.2) is 42.5 Å². The van der Waals surface area contributed by atoms with Gasteiger partial charge in [-0.25, -0.2) is 13.2 Å². The third kappa shape index (κ3) is 5.42. The zero-order valence-electron chi connectivity index (χ0n) is 14.7. The van der Waals surface area contributed by atoms with Crippen molar-refractivity contribution in [2.45, 2.75) is 25.5 Å². The summed E-state index contributed by atoms with van der Waals surface area (Å²) in [5.41, 5.74) is 2.69. The number of aryl methyl sites for hydroxylation is 1. The number of amides is 1. The molecule has 2 N–H and O–H groups in total. The van der Waals surface area contributed by atoms with Crippen molar-refractivity contribution in [1.29, 1.82) is 0 Å². The largest absolute Gasteiger partial charge is 0.478 e. The van der Waals surface area contributed by atoms with Crippen LogP contribution in [0, 0.1) is 6.92 Å². The van der Waals surface area contributed by atoms with Gasteiger partial charge in [0, 0.05) is 18.4 Å². The van der Waals surface area contributed by atoms with Gasteiger partial charge >= 0.3 is 5.97 Å². The van der Waals surface area contributed by atoms with Gasteiger partial charge < -0.3 is 10.4 Å². The molecule has 0 aliphatic rings. The Kier molecular flexibility index (Phi) is 6.15. The first-order valence-corrected chi connectivity index (χ1v) is 10.1. The molecule has 0 bridgehead atoms. The zero-order chi connectivity index (χ0) is 19.3. The van der Waals surface area contributed by atoms with Crippen LogP contribution >= 0.6 is 0 Å². The number of hydrogen-bond acceptors (Lipinski definition) is 4. The van der Waals surface area contributed by atoms with E-state index in [9.17, 15) is 23.1 Å². The number of carbonyl (C=O) groups is 2. The van der Waals surface area contributed by atoms with Crippen molar-refractivity contribution < 1.29 is 23.1 Å². The van der Waals surface area contributed by atoms with E-state index in [0.29, 0.717) is 28.8 Å². The van der Waals surface area contributed by atoms with Crippen LogP contribution in [0.4, 0.5) is 5.69 Å². The van der Waals surface area contributed by atoms with E-state index in [1.54, 1.807) is 43.3 Å². The SMILES string of the molecule is Cc1c(CS(C)(=O)=O)cccc1NC(=O)CCc1ccccc1C(=O)O. The minimum atomic E-state index is -3.17. The van der Waals surface area contributed by atoms with Gasteiger partial charge in [0.05, 0.1) is 11.3 Å². The van der Waals surface area contributed by atoms with Crippen LogP contribution in [-0.2, 0) is 26.8 Å². The van der Waals surface area contributed by atoms with E-state index in [1.165, 1.54) is 6.07 Å². The first kappa shape index (κ1) is 19.7. The van der Waals surface area contributed by atoms with Crippen molar-refractivity contribution in [2.24, 2.45) is 0 Å². The topological polar surface area (TPSA) is 101 Å². The number of anilines is 1. The van der Waals surface area contributed by atoms with E-state index in [4.69, 9.17) is 0 Å². The molecule has 0 fully saturated rings. The van der Waals surface area contributed by atoms with Crippen molar-refractivity contribution in [3.8, 4) is 0 Å². The van der Waals surface area contributed by atoms with Gasteiger partial charge in [-0.05, 0) is 42.2 Å². The Hall–Kier alpha value is -2.67. The van der Waals surface area contributed by atoms with Gasteiger partial charge in [0.15, 0.2) is 9.84 Å². The van der Waals surface area contributed by atoms with Gasteiger partial charge in [-0.2, -0.15) is 0 Å². The number of hydrogen-bond donors (Lipinski definition) is 2. The molecule has 138 valence electrons. The van der Waals surface area contributed by atoms with Crippen molar-refractivity contribution >= 4 is 27.4 Å². The lowest BCUT2D eigenvalue weighted by atomic mass is 10.0. The smallest absolute Gasteiger partial charge is 0.335 e. The molecule has 2 rings (SSSR count). The Labute approximate surface area is 152 Å². The molecular formula is C19H21NO5S. The number of carboxylic acids is 1. The number of benzene rings is 2. The number of carbonyl (C=O) groups excluding carboxylic acids is 1. The molecular weight excluding hydrogens is 354 g/mol. The molecule has 0 unspecified atom stereocenters. The van der Waals surface area contributed by atoms with E-state index in [-0.39, 0.29) is 23.6 Å². The van der Waals surface area contributed by atoms with Crippen LogP contribution in [0.5, 0.6) is 0 Å². The van der Waals surface area contributed by atoms with Gasteiger partial charge in [0.2, 0.25) is 5.91 Å². The second-order valence-electron chi connectivity index (χ2n) is 6.17. The van der Waals surface area contributed by atoms with Crippen molar-refractivity contribution in [2.75, 3.05) is 11.6 Å². The summed E-state index contributed by atoms with van der Waals surface area (Å²) in [6.45, 7) is 1.76. The van der Waals surface area contributed by atoms with Gasteiger partial charge in [-0.3, -0.25) is 4.79 Å². The summed E-state index contributed by atoms with van der Waals surface area (Å²) >= 11 is 0. The van der Waals surface area contributed by atoms with E-state index in [2.05, 4.69) is 5.32 Å². The van der Waals surface area contributed by atoms with E-state index >= 15 is 0 Å². The standard InChI is InChI=1S/C19H21NO5S/c1-13-15(12-26(2,24)25)7-5-9-17(13)20-18(21)11-10-14-6-3-4-8-16(14)19(22)23/h3-9H,10-12H2,1-2H3,(H,20,21)(H,22,23). The normalized spacial score (nSPS) is 11.2. The van der Waals surface area contributed by atoms with E-state index in [0.717, 1.165) is 6.26 Å². The maximum absolute atomic E-state index is 12.2. The fourth-order valence-corrected chi connectivity index (χ4v) is 3.54. The highest BCUT2D eigenvalue weighted by Gasteiger charge is 2.13. The summed E-state index contributed by atoms with van der Waals surface area (Å²) in [5, 5.41) is 12.0. The van der Waals surface area contributed by atoms with Crippen molar-refractivity contribution in [3.05, 3.63) is 64.7 Å². The maximum Gasteiger partial charge on any atom is 0.335 e. The lowest BCUT2D eigenvalue weighted by Gasteiger charge is -2.12. The van der Waals surface area contributed by atoms with E-state index < -0.39 is 15.8 Å². The van der Waals surface area contributed by atoms with E-state index in [1.807, 2.05) is 0 Å². The lowest BCUT2D eigenvalue weighted by molar-refractivity contribution is -0.116. The van der Waals surface area contributed by atoms with Crippen LogP contribution in [0.1, 0.15) is 33.5 Å². The highest BCUT2D eigenvalue weighted by Crippen LogP contribution is 2.21. The number of aromatic carboxylic acids is 1. The average molecular weight is 375 g/mol. The molecule has 7 heteroatoms. The van der Waals surface area contributed by atoms with Crippen LogP contribution in [0.3, 0.4) is 0 Å². The van der Waals surface area contributed by atoms with Crippen molar-refractivity contribution in [3.63, 3.8) is 0 Å². The monoisotopic (exact) mass is 375 g/mol. The molecule has 0 saturated carbocycles. The first-order valence-electron chi connectivity index (χ1n) is 8.04. The molecule has 26 heavy (non-hydrogen) atoms. The molecule has 1 amide bonds. The van der Waals surface area contributed by atoms with Crippen LogP contribution in [0.2, 0.25) is 0 Å². The van der Waals surface area contributed by atoms with Gasteiger partial charge in [-0.15, -0.1) is 0 Å². The quantitative estimate of drug-likeness (QED) is 0.775. The molecule has 6 nitrogen and oxygen atoms in total. The second kappa shape index (κ2) is 8.14. The summed E-state index contributed by atoms with van der Waals surface area (Å²) in [6.07, 6.45) is 1.59. The summed E-state index contributed by atoms with van der Waals surface area (Å²) in [7, 11) is -3.17. The van der Waals surface area contributed by atoms with Gasteiger partial charge in [0.1, 0.15) is 0 Å². The summed E-state index contributed by atoms with van der Waals surface area (Å²) in [6, 6.07) is 11.7. The molecule has 0 aromatic heterocycles. The molecule has 0 radical (unpaired) electrons. The van der Waals surface area contributed by atoms with Crippen molar-refractivity contribution in [1.82, 2.24) is 0 Å². The van der Waals surface area contributed by atoms with Crippen LogP contribution in [0.25, 0.3) is 0 Å². The molecule has 0 atom stereocenters. The molecule has 2 aromatic rings. The first-order chi connectivity index (χ1) is 12.2. The molecule has 2 aromatic carbocycles. The third-order valence-electron chi connectivity index (χ3n) is 4.01. The van der Waals surface area contributed by atoms with Gasteiger partial charge in [0.25, 0.3) is 0 Å². The molecule has 0 spiro atoms.